The lowest BCUT2D eigenvalue weighted by atomic mass is 10.1. The summed E-state index contributed by atoms with van der Waals surface area (Å²) in [5.41, 5.74) is 0.818. The van der Waals surface area contributed by atoms with Crippen LogP contribution in [0.1, 0.15) is 25.5 Å². The predicted octanol–water partition coefficient (Wildman–Crippen LogP) is 1.53. The molecule has 0 saturated carbocycles. The maximum absolute atomic E-state index is 11.3. The van der Waals surface area contributed by atoms with E-state index in [1.54, 1.807) is 11.3 Å². The van der Waals surface area contributed by atoms with Gasteiger partial charge in [0.1, 0.15) is 0 Å². The number of carbonyl (C=O) groups is 1. The molecule has 3 rings (SSSR count). The molecule has 1 aromatic heterocycles. The van der Waals surface area contributed by atoms with E-state index in [1.807, 2.05) is 5.38 Å². The Balaban J connectivity index is 1.70. The van der Waals surface area contributed by atoms with Crippen LogP contribution in [0.15, 0.2) is 5.38 Å². The highest BCUT2D eigenvalue weighted by atomic mass is 32.1. The molecule has 2 aliphatic rings. The molecule has 6 heteroatoms. The van der Waals surface area contributed by atoms with Crippen molar-refractivity contribution in [2.24, 2.45) is 0 Å². The lowest BCUT2D eigenvalue weighted by molar-refractivity contribution is -0.139. The minimum atomic E-state index is -0.226. The third-order valence-electron chi connectivity index (χ3n) is 4.28. The minimum absolute atomic E-state index is 0.226. The molecule has 20 heavy (non-hydrogen) atoms. The lowest BCUT2D eigenvalue weighted by Gasteiger charge is -2.42. The van der Waals surface area contributed by atoms with Gasteiger partial charge in [-0.2, -0.15) is 0 Å². The van der Waals surface area contributed by atoms with Crippen molar-refractivity contribution in [3.05, 3.63) is 11.1 Å². The molecule has 0 N–H and O–H groups in total. The highest BCUT2D eigenvalue weighted by Crippen LogP contribution is 2.30. The Kier molecular flexibility index (Phi) is 3.94. The number of fused-ring (bicyclic) bond motifs is 1. The van der Waals surface area contributed by atoms with E-state index >= 15 is 0 Å². The Hall–Kier alpha value is -1.14. The minimum Gasteiger partial charge on any atom is -0.469 e. The third kappa shape index (κ3) is 2.67. The molecule has 2 unspecified atom stereocenters. The highest BCUT2D eigenvalue weighted by Gasteiger charge is 2.35. The van der Waals surface area contributed by atoms with Gasteiger partial charge in [0.2, 0.25) is 0 Å². The first-order valence-corrected chi connectivity index (χ1v) is 8.07. The summed E-state index contributed by atoms with van der Waals surface area (Å²) in [6, 6.07) is 1.17. The van der Waals surface area contributed by atoms with Crippen LogP contribution in [0.3, 0.4) is 0 Å². The zero-order valence-electron chi connectivity index (χ0n) is 12.0. The maximum Gasteiger partial charge on any atom is 0.311 e. The number of piperazine rings is 1. The fourth-order valence-electron chi connectivity index (χ4n) is 3.18. The molecule has 5 nitrogen and oxygen atoms in total. The van der Waals surface area contributed by atoms with E-state index in [0.717, 1.165) is 23.9 Å². The Morgan fingerprint density at radius 2 is 2.40 bits per heavy atom. The van der Waals surface area contributed by atoms with Crippen LogP contribution in [0.2, 0.25) is 0 Å². The fraction of sp³-hybridized carbons (Fsp3) is 0.714. The Morgan fingerprint density at radius 3 is 3.20 bits per heavy atom. The normalized spacial score (nSPS) is 26.6. The van der Waals surface area contributed by atoms with Crippen molar-refractivity contribution < 1.29 is 9.53 Å². The number of nitrogens with zero attached hydrogens (tertiary/aromatic N) is 3. The zero-order chi connectivity index (χ0) is 14.1. The van der Waals surface area contributed by atoms with E-state index in [-0.39, 0.29) is 12.4 Å². The summed E-state index contributed by atoms with van der Waals surface area (Å²) in [6.45, 7) is 5.69. The first-order chi connectivity index (χ1) is 9.67. The van der Waals surface area contributed by atoms with E-state index in [2.05, 4.69) is 21.7 Å². The number of anilines is 1. The molecule has 110 valence electrons. The van der Waals surface area contributed by atoms with Crippen molar-refractivity contribution >= 4 is 22.4 Å². The second-order valence-corrected chi connectivity index (χ2v) is 6.50. The zero-order valence-corrected chi connectivity index (χ0v) is 12.9. The van der Waals surface area contributed by atoms with Crippen molar-refractivity contribution in [3.63, 3.8) is 0 Å². The molecule has 0 radical (unpaired) electrons. The van der Waals surface area contributed by atoms with Gasteiger partial charge in [-0.25, -0.2) is 4.98 Å². The molecule has 0 bridgehead atoms. The number of esters is 1. The molecule has 0 aromatic carbocycles. The summed E-state index contributed by atoms with van der Waals surface area (Å²) < 4.78 is 4.69. The van der Waals surface area contributed by atoms with Gasteiger partial charge >= 0.3 is 5.97 Å². The fourth-order valence-corrected chi connectivity index (χ4v) is 4.12. The highest BCUT2D eigenvalue weighted by molar-refractivity contribution is 7.13. The average molecular weight is 295 g/mol. The van der Waals surface area contributed by atoms with E-state index in [0.29, 0.717) is 12.1 Å². The molecule has 0 amide bonds. The summed E-state index contributed by atoms with van der Waals surface area (Å²) in [7, 11) is 1.41. The van der Waals surface area contributed by atoms with Gasteiger partial charge in [0, 0.05) is 30.6 Å². The van der Waals surface area contributed by atoms with E-state index in [9.17, 15) is 4.79 Å². The van der Waals surface area contributed by atoms with Crippen LogP contribution in [-0.4, -0.2) is 54.7 Å². The van der Waals surface area contributed by atoms with Crippen LogP contribution >= 0.6 is 11.3 Å². The van der Waals surface area contributed by atoms with Gasteiger partial charge < -0.3 is 9.64 Å². The van der Waals surface area contributed by atoms with Crippen LogP contribution in [0, 0.1) is 0 Å². The standard InChI is InChI=1S/C14H21N3O2S/c1-10-7-16-5-3-4-12(16)8-17(10)14-15-11(9-20-14)6-13(18)19-2/h9-10,12H,3-8H2,1-2H3. The molecule has 2 atom stereocenters. The number of carbonyl (C=O) groups excluding carboxylic acids is 1. The lowest BCUT2D eigenvalue weighted by Crippen LogP contribution is -2.55. The van der Waals surface area contributed by atoms with Crippen molar-refractivity contribution in [2.45, 2.75) is 38.3 Å². The smallest absolute Gasteiger partial charge is 0.311 e. The van der Waals surface area contributed by atoms with Crippen molar-refractivity contribution in [1.29, 1.82) is 0 Å². The van der Waals surface area contributed by atoms with Gasteiger partial charge in [-0.3, -0.25) is 9.69 Å². The monoisotopic (exact) mass is 295 g/mol. The van der Waals surface area contributed by atoms with Gasteiger partial charge in [0.15, 0.2) is 5.13 Å². The van der Waals surface area contributed by atoms with Gasteiger partial charge in [-0.15, -0.1) is 11.3 Å². The van der Waals surface area contributed by atoms with Gasteiger partial charge in [-0.1, -0.05) is 0 Å². The molecule has 0 spiro atoms. The van der Waals surface area contributed by atoms with Crippen LogP contribution in [0.4, 0.5) is 5.13 Å². The number of thiazole rings is 1. The SMILES string of the molecule is COC(=O)Cc1csc(N2CC3CCCN3CC2C)n1. The Labute approximate surface area is 123 Å². The first-order valence-electron chi connectivity index (χ1n) is 7.19. The number of hydrogen-bond donors (Lipinski definition) is 0. The molecule has 3 heterocycles. The number of hydrogen-bond acceptors (Lipinski definition) is 6. The van der Waals surface area contributed by atoms with Gasteiger partial charge in [0.25, 0.3) is 0 Å². The molecule has 0 aliphatic carbocycles. The topological polar surface area (TPSA) is 45.7 Å². The quantitative estimate of drug-likeness (QED) is 0.791. The molecular formula is C14H21N3O2S. The maximum atomic E-state index is 11.3. The van der Waals surface area contributed by atoms with E-state index < -0.39 is 0 Å². The van der Waals surface area contributed by atoms with Gasteiger partial charge in [-0.05, 0) is 26.3 Å². The molecule has 2 saturated heterocycles. The van der Waals surface area contributed by atoms with E-state index in [4.69, 9.17) is 4.74 Å². The Bertz CT molecular complexity index is 491. The summed E-state index contributed by atoms with van der Waals surface area (Å²) in [5, 5.41) is 3.02. The molecule has 2 aliphatic heterocycles. The second kappa shape index (κ2) is 5.69. The molecule has 1 aromatic rings. The number of ether oxygens (including phenoxy) is 1. The third-order valence-corrected chi connectivity index (χ3v) is 5.20. The van der Waals surface area contributed by atoms with Crippen LogP contribution in [-0.2, 0) is 16.0 Å². The van der Waals surface area contributed by atoms with Crippen molar-refractivity contribution in [2.75, 3.05) is 31.6 Å². The second-order valence-electron chi connectivity index (χ2n) is 5.67. The average Bonchev–Trinajstić information content (AvgIpc) is 3.06. The molecular weight excluding hydrogens is 274 g/mol. The van der Waals surface area contributed by atoms with Crippen LogP contribution in [0.5, 0.6) is 0 Å². The van der Waals surface area contributed by atoms with Crippen LogP contribution in [0.25, 0.3) is 0 Å². The predicted molar refractivity (Wildman–Crippen MR) is 79.2 cm³/mol. The summed E-state index contributed by atoms with van der Waals surface area (Å²) in [4.78, 5) is 20.9. The van der Waals surface area contributed by atoms with Crippen LogP contribution < -0.4 is 4.90 Å². The number of aromatic nitrogens is 1. The summed E-state index contributed by atoms with van der Waals surface area (Å²) in [6.07, 6.45) is 2.88. The summed E-state index contributed by atoms with van der Waals surface area (Å²) >= 11 is 1.63. The number of methoxy groups -OCH3 is 1. The van der Waals surface area contributed by atoms with Crippen molar-refractivity contribution in [3.8, 4) is 0 Å². The first kappa shape index (κ1) is 13.8. The van der Waals surface area contributed by atoms with Gasteiger partial charge in [0.05, 0.1) is 19.2 Å². The van der Waals surface area contributed by atoms with E-state index in [1.165, 1.54) is 26.5 Å². The molecule has 2 fully saturated rings. The number of rotatable bonds is 3. The Morgan fingerprint density at radius 1 is 1.55 bits per heavy atom. The largest absolute Gasteiger partial charge is 0.469 e. The van der Waals surface area contributed by atoms with Crippen molar-refractivity contribution in [1.82, 2.24) is 9.88 Å². The summed E-state index contributed by atoms with van der Waals surface area (Å²) in [5.74, 6) is -0.226.